The fourth-order valence-corrected chi connectivity index (χ4v) is 2.33. The molecular weight excluding hydrogens is 268 g/mol. The molecule has 0 unspecified atom stereocenters. The Morgan fingerprint density at radius 3 is 2.29 bits per heavy atom. The lowest BCUT2D eigenvalue weighted by Gasteiger charge is -2.39. The number of nitrogens with zero attached hydrogens (tertiary/aromatic N) is 2. The maximum absolute atomic E-state index is 12.0. The summed E-state index contributed by atoms with van der Waals surface area (Å²) in [6, 6.07) is 0. The molecule has 21 heavy (non-hydrogen) atoms. The molecule has 1 rings (SSSR count). The van der Waals surface area contributed by atoms with Gasteiger partial charge in [-0.3, -0.25) is 0 Å². The molecule has 5 heteroatoms. The van der Waals surface area contributed by atoms with Crippen LogP contribution in [0, 0.1) is 0 Å². The first-order chi connectivity index (χ1) is 9.61. The molecule has 0 aromatic carbocycles. The van der Waals surface area contributed by atoms with Crippen molar-refractivity contribution >= 4 is 6.09 Å². The predicted molar refractivity (Wildman–Crippen MR) is 84.6 cm³/mol. The van der Waals surface area contributed by atoms with Crippen molar-refractivity contribution in [3.63, 3.8) is 0 Å². The quantitative estimate of drug-likeness (QED) is 0.732. The van der Waals surface area contributed by atoms with E-state index in [-0.39, 0.29) is 11.7 Å². The summed E-state index contributed by atoms with van der Waals surface area (Å²) >= 11 is 0. The Hall–Kier alpha value is -0.810. The van der Waals surface area contributed by atoms with Crippen LogP contribution in [0.25, 0.3) is 0 Å². The Bertz CT molecular complexity index is 329. The SMILES string of the molecule is CN(C)CCCOC1(C)CCN(C(=O)OC(C)(C)C)CC1. The van der Waals surface area contributed by atoms with Gasteiger partial charge >= 0.3 is 6.09 Å². The van der Waals surface area contributed by atoms with Gasteiger partial charge in [0.15, 0.2) is 0 Å². The lowest BCUT2D eigenvalue weighted by Crippen LogP contribution is -2.48. The molecule has 0 aliphatic carbocycles. The zero-order chi connectivity index (χ0) is 16.1. The molecule has 1 heterocycles. The number of ether oxygens (including phenoxy) is 2. The molecule has 1 saturated heterocycles. The van der Waals surface area contributed by atoms with Crippen LogP contribution in [0.4, 0.5) is 4.79 Å². The molecule has 1 aliphatic rings. The van der Waals surface area contributed by atoms with Gasteiger partial charge < -0.3 is 19.3 Å². The smallest absolute Gasteiger partial charge is 0.410 e. The van der Waals surface area contributed by atoms with E-state index < -0.39 is 5.60 Å². The highest BCUT2D eigenvalue weighted by Crippen LogP contribution is 2.27. The van der Waals surface area contributed by atoms with Gasteiger partial charge in [0.25, 0.3) is 0 Å². The second kappa shape index (κ2) is 7.45. The summed E-state index contributed by atoms with van der Waals surface area (Å²) in [6.07, 6.45) is 2.57. The summed E-state index contributed by atoms with van der Waals surface area (Å²) in [5, 5.41) is 0. The first-order valence-corrected chi connectivity index (χ1v) is 7.88. The fraction of sp³-hybridized carbons (Fsp3) is 0.938. The van der Waals surface area contributed by atoms with E-state index >= 15 is 0 Å². The molecule has 0 saturated carbocycles. The maximum Gasteiger partial charge on any atom is 0.410 e. The van der Waals surface area contributed by atoms with Crippen molar-refractivity contribution in [1.82, 2.24) is 9.80 Å². The second-order valence-electron chi connectivity index (χ2n) is 7.42. The largest absolute Gasteiger partial charge is 0.444 e. The Morgan fingerprint density at radius 2 is 1.81 bits per heavy atom. The molecule has 5 nitrogen and oxygen atoms in total. The number of amides is 1. The number of carbonyl (C=O) groups is 1. The molecule has 1 amide bonds. The molecule has 0 aromatic heterocycles. The summed E-state index contributed by atoms with van der Waals surface area (Å²) in [5.74, 6) is 0. The second-order valence-corrected chi connectivity index (χ2v) is 7.42. The van der Waals surface area contributed by atoms with Crippen molar-refractivity contribution in [3.8, 4) is 0 Å². The van der Waals surface area contributed by atoms with Gasteiger partial charge in [-0.1, -0.05) is 0 Å². The van der Waals surface area contributed by atoms with Gasteiger partial charge in [-0.15, -0.1) is 0 Å². The number of hydrogen-bond acceptors (Lipinski definition) is 4. The topological polar surface area (TPSA) is 42.0 Å². The Kier molecular flexibility index (Phi) is 6.47. The Morgan fingerprint density at radius 1 is 1.24 bits per heavy atom. The number of piperidine rings is 1. The number of likely N-dealkylation sites (tertiary alicyclic amines) is 1. The summed E-state index contributed by atoms with van der Waals surface area (Å²) < 4.78 is 11.5. The third-order valence-electron chi connectivity index (χ3n) is 3.67. The summed E-state index contributed by atoms with van der Waals surface area (Å²) in [5.41, 5.74) is -0.536. The normalized spacial score (nSPS) is 18.9. The van der Waals surface area contributed by atoms with E-state index in [1.54, 1.807) is 4.90 Å². The van der Waals surface area contributed by atoms with Gasteiger partial charge in [-0.05, 0) is 67.6 Å². The zero-order valence-electron chi connectivity index (χ0n) is 14.6. The minimum absolute atomic E-state index is 0.106. The van der Waals surface area contributed by atoms with E-state index in [1.807, 2.05) is 20.8 Å². The predicted octanol–water partition coefficient (Wildman–Crippen LogP) is 2.74. The Labute approximate surface area is 129 Å². The lowest BCUT2D eigenvalue weighted by molar-refractivity contribution is -0.0738. The van der Waals surface area contributed by atoms with Gasteiger partial charge in [-0.25, -0.2) is 4.79 Å². The van der Waals surface area contributed by atoms with Crippen LogP contribution in [0.2, 0.25) is 0 Å². The van der Waals surface area contributed by atoms with Gasteiger partial charge in [0.2, 0.25) is 0 Å². The van der Waals surface area contributed by atoms with E-state index in [0.29, 0.717) is 13.1 Å². The number of hydrogen-bond donors (Lipinski definition) is 0. The van der Waals surface area contributed by atoms with Crippen molar-refractivity contribution in [2.45, 2.75) is 58.2 Å². The van der Waals surface area contributed by atoms with Crippen molar-refractivity contribution in [3.05, 3.63) is 0 Å². The Balaban J connectivity index is 2.31. The van der Waals surface area contributed by atoms with E-state index in [4.69, 9.17) is 9.47 Å². The van der Waals surface area contributed by atoms with Crippen LogP contribution in [-0.4, -0.2) is 67.4 Å². The molecule has 124 valence electrons. The van der Waals surface area contributed by atoms with Crippen LogP contribution < -0.4 is 0 Å². The molecule has 0 aromatic rings. The molecular formula is C16H32N2O3. The van der Waals surface area contributed by atoms with Gasteiger partial charge in [0.05, 0.1) is 5.60 Å². The molecule has 1 fully saturated rings. The molecule has 1 aliphatic heterocycles. The number of carbonyl (C=O) groups excluding carboxylic acids is 1. The molecule has 0 N–H and O–H groups in total. The highest BCUT2D eigenvalue weighted by molar-refractivity contribution is 5.68. The monoisotopic (exact) mass is 300 g/mol. The fourth-order valence-electron chi connectivity index (χ4n) is 2.33. The molecule has 0 atom stereocenters. The van der Waals surface area contributed by atoms with Crippen LogP contribution in [0.1, 0.15) is 47.0 Å². The van der Waals surface area contributed by atoms with Gasteiger partial charge in [0, 0.05) is 19.7 Å². The standard InChI is InChI=1S/C16H32N2O3/c1-15(2,3)21-14(19)18-11-8-16(4,9-12-18)20-13-7-10-17(5)6/h7-13H2,1-6H3. The molecule has 0 spiro atoms. The van der Waals surface area contributed by atoms with E-state index in [2.05, 4.69) is 25.9 Å². The minimum Gasteiger partial charge on any atom is -0.444 e. The maximum atomic E-state index is 12.0. The minimum atomic E-state index is -0.430. The van der Waals surface area contributed by atoms with Crippen molar-refractivity contribution in [2.24, 2.45) is 0 Å². The van der Waals surface area contributed by atoms with Crippen molar-refractivity contribution < 1.29 is 14.3 Å². The zero-order valence-corrected chi connectivity index (χ0v) is 14.6. The van der Waals surface area contributed by atoms with Crippen LogP contribution in [0.3, 0.4) is 0 Å². The number of rotatable bonds is 5. The van der Waals surface area contributed by atoms with Gasteiger partial charge in [0.1, 0.15) is 5.60 Å². The lowest BCUT2D eigenvalue weighted by atomic mass is 9.93. The summed E-state index contributed by atoms with van der Waals surface area (Å²) in [6.45, 7) is 11.1. The van der Waals surface area contributed by atoms with Gasteiger partial charge in [-0.2, -0.15) is 0 Å². The van der Waals surface area contributed by atoms with E-state index in [9.17, 15) is 4.79 Å². The summed E-state index contributed by atoms with van der Waals surface area (Å²) in [7, 11) is 4.14. The van der Waals surface area contributed by atoms with E-state index in [0.717, 1.165) is 32.4 Å². The first kappa shape index (κ1) is 18.2. The van der Waals surface area contributed by atoms with Crippen molar-refractivity contribution in [1.29, 1.82) is 0 Å². The average Bonchev–Trinajstić information content (AvgIpc) is 2.33. The van der Waals surface area contributed by atoms with Crippen LogP contribution in [-0.2, 0) is 9.47 Å². The molecule has 0 radical (unpaired) electrons. The third kappa shape index (κ3) is 7.14. The van der Waals surface area contributed by atoms with Crippen molar-refractivity contribution in [2.75, 3.05) is 40.3 Å². The molecule has 0 bridgehead atoms. The van der Waals surface area contributed by atoms with Crippen LogP contribution >= 0.6 is 0 Å². The summed E-state index contributed by atoms with van der Waals surface area (Å²) in [4.78, 5) is 16.0. The highest BCUT2D eigenvalue weighted by atomic mass is 16.6. The highest BCUT2D eigenvalue weighted by Gasteiger charge is 2.34. The average molecular weight is 300 g/mol. The third-order valence-corrected chi connectivity index (χ3v) is 3.67. The first-order valence-electron chi connectivity index (χ1n) is 7.88. The van der Waals surface area contributed by atoms with Crippen LogP contribution in [0.15, 0.2) is 0 Å². The van der Waals surface area contributed by atoms with E-state index in [1.165, 1.54) is 0 Å². The van der Waals surface area contributed by atoms with Crippen LogP contribution in [0.5, 0.6) is 0 Å².